The Morgan fingerprint density at radius 3 is 1.60 bits per heavy atom. The summed E-state index contributed by atoms with van der Waals surface area (Å²) in [5.74, 6) is 1.65. The fraction of sp³-hybridized carbons (Fsp3) is 0.514. The predicted octanol–water partition coefficient (Wildman–Crippen LogP) is 11.9. The van der Waals surface area contributed by atoms with Gasteiger partial charge in [0.1, 0.15) is 11.5 Å². The Kier molecular flexibility index (Phi) is 11.6. The zero-order valence-electron chi connectivity index (χ0n) is 25.3. The fourth-order valence-electron chi connectivity index (χ4n) is 6.70. The number of rotatable bonds is 17. The summed E-state index contributed by atoms with van der Waals surface area (Å²) in [5, 5.41) is 0. The summed E-state index contributed by atoms with van der Waals surface area (Å²) in [6.45, 7) is 4.60. The Balaban J connectivity index is 1.74. The van der Waals surface area contributed by atoms with Crippen LogP contribution in [0.15, 0.2) is 59.1 Å². The summed E-state index contributed by atoms with van der Waals surface area (Å²) in [6, 6.07) is 20.3. The van der Waals surface area contributed by atoms with Crippen LogP contribution >= 0.6 is 15.9 Å². The molecule has 2 nitrogen and oxygen atoms in total. The maximum absolute atomic E-state index is 5.62. The third kappa shape index (κ3) is 7.14. The molecule has 216 valence electrons. The van der Waals surface area contributed by atoms with E-state index in [4.69, 9.17) is 9.47 Å². The number of unbranched alkanes of at least 4 members (excludes halogenated alkanes) is 10. The fourth-order valence-corrected chi connectivity index (χ4v) is 7.06. The van der Waals surface area contributed by atoms with Gasteiger partial charge in [0.2, 0.25) is 0 Å². The van der Waals surface area contributed by atoms with Crippen LogP contribution in [0.4, 0.5) is 0 Å². The van der Waals surface area contributed by atoms with Crippen molar-refractivity contribution in [2.45, 2.75) is 109 Å². The first-order chi connectivity index (χ1) is 19.6. The highest BCUT2D eigenvalue weighted by Crippen LogP contribution is 2.55. The summed E-state index contributed by atoms with van der Waals surface area (Å²) < 4.78 is 12.4. The molecule has 0 saturated carbocycles. The second-order valence-electron chi connectivity index (χ2n) is 11.7. The molecule has 0 bridgehead atoms. The molecule has 3 heteroatoms. The normalized spacial score (nSPS) is 13.2. The zero-order valence-corrected chi connectivity index (χ0v) is 26.9. The Hall–Kier alpha value is -2.26. The molecule has 3 aromatic rings. The monoisotopic (exact) mass is 604 g/mol. The molecule has 1 aliphatic rings. The first kappa shape index (κ1) is 30.7. The SMILES string of the molecule is CCCCCCCCC1(CCCCCCCC)c2cc(Br)ccc2-c2ccc(-c3cc(OC)cc(OC)c3)cc21. The first-order valence-electron chi connectivity index (χ1n) is 15.7. The molecule has 0 saturated heterocycles. The highest BCUT2D eigenvalue weighted by Gasteiger charge is 2.42. The van der Waals surface area contributed by atoms with Crippen molar-refractivity contribution >= 4 is 15.9 Å². The minimum Gasteiger partial charge on any atom is -0.497 e. The van der Waals surface area contributed by atoms with Gasteiger partial charge in [0.15, 0.2) is 0 Å². The van der Waals surface area contributed by atoms with Crippen LogP contribution in [0, 0.1) is 0 Å². The Morgan fingerprint density at radius 1 is 0.550 bits per heavy atom. The Bertz CT molecular complexity index is 1190. The molecular weight excluding hydrogens is 556 g/mol. The van der Waals surface area contributed by atoms with E-state index >= 15 is 0 Å². The van der Waals surface area contributed by atoms with Crippen LogP contribution in [0.2, 0.25) is 0 Å². The van der Waals surface area contributed by atoms with Crippen LogP contribution < -0.4 is 9.47 Å². The van der Waals surface area contributed by atoms with Crippen LogP contribution in [-0.4, -0.2) is 14.2 Å². The third-order valence-electron chi connectivity index (χ3n) is 8.92. The number of hydrogen-bond donors (Lipinski definition) is 0. The topological polar surface area (TPSA) is 18.5 Å². The Morgan fingerprint density at radius 2 is 1.05 bits per heavy atom. The van der Waals surface area contributed by atoms with Gasteiger partial charge in [-0.25, -0.2) is 0 Å². The molecule has 3 aromatic carbocycles. The van der Waals surface area contributed by atoms with Crippen LogP contribution in [0.1, 0.15) is 115 Å². The molecule has 0 atom stereocenters. The van der Waals surface area contributed by atoms with Gasteiger partial charge in [0.25, 0.3) is 0 Å². The van der Waals surface area contributed by atoms with E-state index in [2.05, 4.69) is 78.3 Å². The number of fused-ring (bicyclic) bond motifs is 3. The second-order valence-corrected chi connectivity index (χ2v) is 12.6. The molecule has 0 spiro atoms. The minimum atomic E-state index is 0.0585. The maximum Gasteiger partial charge on any atom is 0.123 e. The first-order valence-corrected chi connectivity index (χ1v) is 16.5. The number of ether oxygens (including phenoxy) is 2. The molecule has 1 aliphatic carbocycles. The third-order valence-corrected chi connectivity index (χ3v) is 9.41. The Labute approximate surface area is 252 Å². The quantitative estimate of drug-likeness (QED) is 0.143. The average molecular weight is 606 g/mol. The summed E-state index contributed by atoms with van der Waals surface area (Å²) in [6.07, 6.45) is 18.4. The molecule has 0 heterocycles. The second kappa shape index (κ2) is 15.1. The van der Waals surface area contributed by atoms with Gasteiger partial charge in [-0.15, -0.1) is 0 Å². The van der Waals surface area contributed by atoms with Gasteiger partial charge in [-0.05, 0) is 76.6 Å². The number of hydrogen-bond acceptors (Lipinski definition) is 2. The number of benzene rings is 3. The van der Waals surface area contributed by atoms with Gasteiger partial charge in [-0.1, -0.05) is 125 Å². The van der Waals surface area contributed by atoms with Gasteiger partial charge in [0.05, 0.1) is 14.2 Å². The van der Waals surface area contributed by atoms with Crippen LogP contribution in [0.25, 0.3) is 22.3 Å². The van der Waals surface area contributed by atoms with E-state index in [9.17, 15) is 0 Å². The van der Waals surface area contributed by atoms with E-state index in [1.165, 1.54) is 122 Å². The van der Waals surface area contributed by atoms with Crippen molar-refractivity contribution in [2.75, 3.05) is 14.2 Å². The molecule has 4 rings (SSSR count). The molecule has 0 radical (unpaired) electrons. The molecule has 0 aromatic heterocycles. The predicted molar refractivity (Wildman–Crippen MR) is 175 cm³/mol. The summed E-state index contributed by atoms with van der Waals surface area (Å²) in [7, 11) is 3.45. The summed E-state index contributed by atoms with van der Waals surface area (Å²) in [4.78, 5) is 0. The molecule has 0 N–H and O–H groups in total. The highest BCUT2D eigenvalue weighted by atomic mass is 79.9. The lowest BCUT2D eigenvalue weighted by Gasteiger charge is -2.33. The maximum atomic E-state index is 5.62. The largest absolute Gasteiger partial charge is 0.497 e. The van der Waals surface area contributed by atoms with Gasteiger partial charge in [-0.3, -0.25) is 0 Å². The van der Waals surface area contributed by atoms with E-state index in [0.29, 0.717) is 0 Å². The van der Waals surface area contributed by atoms with Crippen molar-refractivity contribution in [1.82, 2.24) is 0 Å². The van der Waals surface area contributed by atoms with Gasteiger partial charge < -0.3 is 9.47 Å². The van der Waals surface area contributed by atoms with E-state index in [0.717, 1.165) is 17.1 Å². The summed E-state index contributed by atoms with van der Waals surface area (Å²) in [5.41, 5.74) is 8.31. The van der Waals surface area contributed by atoms with Crippen molar-refractivity contribution in [3.63, 3.8) is 0 Å². The van der Waals surface area contributed by atoms with E-state index in [1.54, 1.807) is 14.2 Å². The van der Waals surface area contributed by atoms with Crippen molar-refractivity contribution in [3.8, 4) is 33.8 Å². The molecule has 0 aliphatic heterocycles. The molecule has 40 heavy (non-hydrogen) atoms. The molecule has 0 amide bonds. The molecule has 0 fully saturated rings. The molecule has 0 unspecified atom stereocenters. The lowest BCUT2D eigenvalue weighted by atomic mass is 9.70. The standard InChI is InChI=1S/C37H49BrO2/c1-5-7-9-11-13-15-21-37(22-16-14-12-10-8-6-2)35-25-28(29-23-31(39-3)27-32(24-29)40-4)17-19-33(35)34-20-18-30(38)26-36(34)37/h17-20,23-27H,5-16,21-22H2,1-4H3. The van der Waals surface area contributed by atoms with Crippen LogP contribution in [0.5, 0.6) is 11.5 Å². The van der Waals surface area contributed by atoms with E-state index in [-0.39, 0.29) is 5.41 Å². The average Bonchev–Trinajstić information content (AvgIpc) is 3.24. The van der Waals surface area contributed by atoms with Crippen LogP contribution in [-0.2, 0) is 5.41 Å². The van der Waals surface area contributed by atoms with Gasteiger partial charge in [-0.2, -0.15) is 0 Å². The van der Waals surface area contributed by atoms with Crippen molar-refractivity contribution in [3.05, 3.63) is 70.2 Å². The van der Waals surface area contributed by atoms with E-state index in [1.807, 2.05) is 6.07 Å². The van der Waals surface area contributed by atoms with Gasteiger partial charge in [0, 0.05) is 16.0 Å². The zero-order chi connectivity index (χ0) is 28.4. The van der Waals surface area contributed by atoms with Crippen molar-refractivity contribution in [2.24, 2.45) is 0 Å². The van der Waals surface area contributed by atoms with E-state index < -0.39 is 0 Å². The highest BCUT2D eigenvalue weighted by molar-refractivity contribution is 9.10. The van der Waals surface area contributed by atoms with Crippen LogP contribution in [0.3, 0.4) is 0 Å². The number of methoxy groups -OCH3 is 2. The summed E-state index contributed by atoms with van der Waals surface area (Å²) >= 11 is 3.84. The van der Waals surface area contributed by atoms with Crippen molar-refractivity contribution in [1.29, 1.82) is 0 Å². The minimum absolute atomic E-state index is 0.0585. The van der Waals surface area contributed by atoms with Crippen molar-refractivity contribution < 1.29 is 9.47 Å². The number of halogens is 1. The lowest BCUT2D eigenvalue weighted by Crippen LogP contribution is -2.25. The van der Waals surface area contributed by atoms with Gasteiger partial charge >= 0.3 is 0 Å². The molecular formula is C37H49BrO2. The lowest BCUT2D eigenvalue weighted by molar-refractivity contribution is 0.394. The smallest absolute Gasteiger partial charge is 0.123 e.